The van der Waals surface area contributed by atoms with E-state index in [0.717, 1.165) is 11.4 Å². The minimum absolute atomic E-state index is 0.127. The van der Waals surface area contributed by atoms with Crippen molar-refractivity contribution in [2.24, 2.45) is 0 Å². The minimum atomic E-state index is -0.540. The SMILES string of the molecule is Cc1nn(CCC(=O)NCCn2nc([N+](=O)[O-])cc2C)c(C)c1Cl. The highest BCUT2D eigenvalue weighted by Crippen LogP contribution is 2.18. The van der Waals surface area contributed by atoms with Gasteiger partial charge >= 0.3 is 5.82 Å². The second kappa shape index (κ2) is 7.43. The Balaban J connectivity index is 1.79. The lowest BCUT2D eigenvalue weighted by molar-refractivity contribution is -0.389. The van der Waals surface area contributed by atoms with Gasteiger partial charge in [-0.3, -0.25) is 9.48 Å². The Labute approximate surface area is 143 Å². The molecule has 130 valence electrons. The number of nitro groups is 1. The number of nitrogens with one attached hydrogen (secondary N) is 1. The van der Waals surface area contributed by atoms with E-state index in [1.807, 2.05) is 13.8 Å². The van der Waals surface area contributed by atoms with Crippen molar-refractivity contribution in [3.05, 3.63) is 38.3 Å². The van der Waals surface area contributed by atoms with Gasteiger partial charge in [0.1, 0.15) is 0 Å². The van der Waals surface area contributed by atoms with E-state index in [9.17, 15) is 14.9 Å². The maximum atomic E-state index is 11.9. The lowest BCUT2D eigenvalue weighted by Crippen LogP contribution is -2.28. The lowest BCUT2D eigenvalue weighted by Gasteiger charge is -2.06. The molecule has 0 spiro atoms. The van der Waals surface area contributed by atoms with Crippen LogP contribution >= 0.6 is 11.6 Å². The number of carbonyl (C=O) groups is 1. The third-order valence-electron chi connectivity index (χ3n) is 3.64. The van der Waals surface area contributed by atoms with Gasteiger partial charge in [0.2, 0.25) is 5.91 Å². The molecule has 1 N–H and O–H groups in total. The van der Waals surface area contributed by atoms with Crippen molar-refractivity contribution in [2.75, 3.05) is 6.54 Å². The fraction of sp³-hybridized carbons (Fsp3) is 0.500. The third-order valence-corrected chi connectivity index (χ3v) is 4.19. The maximum absolute atomic E-state index is 11.9. The summed E-state index contributed by atoms with van der Waals surface area (Å²) in [6, 6.07) is 1.40. The summed E-state index contributed by atoms with van der Waals surface area (Å²) in [5, 5.41) is 22.2. The molecule has 0 bridgehead atoms. The van der Waals surface area contributed by atoms with Crippen molar-refractivity contribution in [3.63, 3.8) is 0 Å². The van der Waals surface area contributed by atoms with Gasteiger partial charge in [0.05, 0.1) is 46.4 Å². The molecule has 0 fully saturated rings. The van der Waals surface area contributed by atoms with E-state index in [-0.39, 0.29) is 18.1 Å². The van der Waals surface area contributed by atoms with Crippen LogP contribution in [0.25, 0.3) is 0 Å². The van der Waals surface area contributed by atoms with Crippen molar-refractivity contribution in [1.29, 1.82) is 0 Å². The van der Waals surface area contributed by atoms with Crippen LogP contribution in [0.5, 0.6) is 0 Å². The molecule has 0 aliphatic heterocycles. The summed E-state index contributed by atoms with van der Waals surface area (Å²) in [6.07, 6.45) is 0.274. The predicted octanol–water partition coefficient (Wildman–Crippen LogP) is 1.77. The second-order valence-corrected chi connectivity index (χ2v) is 5.81. The standard InChI is InChI=1S/C14H19ClN6O3/c1-9-8-12(21(23)24)18-19(9)7-5-16-13(22)4-6-20-11(3)14(15)10(2)17-20/h8H,4-7H2,1-3H3,(H,16,22). The zero-order valence-electron chi connectivity index (χ0n) is 13.7. The van der Waals surface area contributed by atoms with E-state index in [1.165, 1.54) is 10.7 Å². The quantitative estimate of drug-likeness (QED) is 0.602. The molecule has 24 heavy (non-hydrogen) atoms. The molecule has 0 aliphatic rings. The number of carbonyl (C=O) groups excluding carboxylic acids is 1. The topological polar surface area (TPSA) is 108 Å². The van der Waals surface area contributed by atoms with Gasteiger partial charge < -0.3 is 15.4 Å². The van der Waals surface area contributed by atoms with Crippen LogP contribution in [-0.2, 0) is 17.9 Å². The van der Waals surface area contributed by atoms with E-state index in [4.69, 9.17) is 11.6 Å². The molecular formula is C14H19ClN6O3. The molecule has 10 heteroatoms. The Hall–Kier alpha value is -2.42. The van der Waals surface area contributed by atoms with Crippen LogP contribution < -0.4 is 5.32 Å². The first-order valence-electron chi connectivity index (χ1n) is 7.44. The highest BCUT2D eigenvalue weighted by atomic mass is 35.5. The molecule has 2 rings (SSSR count). The molecule has 0 atom stereocenters. The average Bonchev–Trinajstić information content (AvgIpc) is 3.01. The molecular weight excluding hydrogens is 336 g/mol. The van der Waals surface area contributed by atoms with Crippen LogP contribution in [0.3, 0.4) is 0 Å². The van der Waals surface area contributed by atoms with Crippen molar-refractivity contribution in [1.82, 2.24) is 24.9 Å². The number of hydrogen-bond donors (Lipinski definition) is 1. The fourth-order valence-corrected chi connectivity index (χ4v) is 2.43. The Morgan fingerprint density at radius 3 is 2.54 bits per heavy atom. The van der Waals surface area contributed by atoms with Crippen molar-refractivity contribution in [2.45, 2.75) is 40.3 Å². The molecule has 0 unspecified atom stereocenters. The van der Waals surface area contributed by atoms with Gasteiger partial charge in [-0.2, -0.15) is 9.78 Å². The molecule has 2 aromatic heterocycles. The van der Waals surface area contributed by atoms with Crippen LogP contribution in [-0.4, -0.2) is 36.9 Å². The number of nitrogens with zero attached hydrogens (tertiary/aromatic N) is 5. The first kappa shape index (κ1) is 17.9. The minimum Gasteiger partial charge on any atom is -0.358 e. The van der Waals surface area contributed by atoms with Gasteiger partial charge in [-0.25, -0.2) is 0 Å². The van der Waals surface area contributed by atoms with E-state index < -0.39 is 4.92 Å². The average molecular weight is 355 g/mol. The van der Waals surface area contributed by atoms with Crippen molar-refractivity contribution in [3.8, 4) is 0 Å². The zero-order valence-corrected chi connectivity index (χ0v) is 14.5. The summed E-state index contributed by atoms with van der Waals surface area (Å²) in [6.45, 7) is 6.56. The molecule has 0 saturated carbocycles. The Bertz CT molecular complexity index is 767. The number of rotatable bonds is 7. The fourth-order valence-electron chi connectivity index (χ4n) is 2.30. The molecule has 0 aliphatic carbocycles. The molecule has 0 aromatic carbocycles. The molecule has 9 nitrogen and oxygen atoms in total. The Morgan fingerprint density at radius 2 is 2.00 bits per heavy atom. The van der Waals surface area contributed by atoms with Gasteiger partial charge in [0, 0.05) is 13.0 Å². The zero-order chi connectivity index (χ0) is 17.9. The summed E-state index contributed by atoms with van der Waals surface area (Å²) in [5.74, 6) is -0.321. The normalized spacial score (nSPS) is 10.8. The van der Waals surface area contributed by atoms with Crippen LogP contribution in [0.4, 0.5) is 5.82 Å². The maximum Gasteiger partial charge on any atom is 0.390 e. The molecule has 1 amide bonds. The second-order valence-electron chi connectivity index (χ2n) is 5.43. The number of hydrogen-bond acceptors (Lipinski definition) is 5. The van der Waals surface area contributed by atoms with E-state index in [1.54, 1.807) is 11.6 Å². The van der Waals surface area contributed by atoms with Crippen LogP contribution in [0.2, 0.25) is 5.02 Å². The van der Waals surface area contributed by atoms with Crippen LogP contribution in [0, 0.1) is 30.9 Å². The summed E-state index contributed by atoms with van der Waals surface area (Å²) in [7, 11) is 0. The molecule has 2 heterocycles. The number of aromatic nitrogens is 4. The summed E-state index contributed by atoms with van der Waals surface area (Å²) in [5.41, 5.74) is 2.25. The van der Waals surface area contributed by atoms with Crippen molar-refractivity contribution >= 4 is 23.3 Å². The monoisotopic (exact) mass is 354 g/mol. The van der Waals surface area contributed by atoms with Crippen LogP contribution in [0.15, 0.2) is 6.07 Å². The number of aryl methyl sites for hydroxylation is 3. The Kier molecular flexibility index (Phi) is 5.55. The van der Waals surface area contributed by atoms with Crippen LogP contribution in [0.1, 0.15) is 23.5 Å². The largest absolute Gasteiger partial charge is 0.390 e. The number of halogens is 1. The molecule has 0 radical (unpaired) electrons. The first-order chi connectivity index (χ1) is 11.3. The van der Waals surface area contributed by atoms with Gasteiger partial charge in [0.15, 0.2) is 0 Å². The third kappa shape index (κ3) is 4.10. The van der Waals surface area contributed by atoms with Crippen molar-refractivity contribution < 1.29 is 9.72 Å². The first-order valence-corrected chi connectivity index (χ1v) is 7.82. The van der Waals surface area contributed by atoms with Gasteiger partial charge in [-0.1, -0.05) is 11.6 Å². The summed E-state index contributed by atoms with van der Waals surface area (Å²) in [4.78, 5) is 22.0. The summed E-state index contributed by atoms with van der Waals surface area (Å²) >= 11 is 6.06. The predicted molar refractivity (Wildman–Crippen MR) is 88.0 cm³/mol. The highest BCUT2D eigenvalue weighted by Gasteiger charge is 2.15. The van der Waals surface area contributed by atoms with Gasteiger partial charge in [-0.05, 0) is 25.7 Å². The highest BCUT2D eigenvalue weighted by molar-refractivity contribution is 6.31. The molecule has 0 saturated heterocycles. The smallest absolute Gasteiger partial charge is 0.358 e. The van der Waals surface area contributed by atoms with E-state index in [2.05, 4.69) is 15.5 Å². The lowest BCUT2D eigenvalue weighted by atomic mass is 10.3. The Morgan fingerprint density at radius 1 is 1.29 bits per heavy atom. The van der Waals surface area contributed by atoms with Gasteiger partial charge in [0.25, 0.3) is 0 Å². The molecule has 2 aromatic rings. The summed E-state index contributed by atoms with van der Waals surface area (Å²) < 4.78 is 3.21. The van der Waals surface area contributed by atoms with Gasteiger partial charge in [-0.15, -0.1) is 0 Å². The van der Waals surface area contributed by atoms with E-state index in [0.29, 0.717) is 30.4 Å². The van der Waals surface area contributed by atoms with E-state index >= 15 is 0 Å². The number of amides is 1.